The molecule has 0 amide bonds. The Balaban J connectivity index is 2.04. The van der Waals surface area contributed by atoms with Gasteiger partial charge in [-0.3, -0.25) is 9.69 Å². The predicted octanol–water partition coefficient (Wildman–Crippen LogP) is 4.25. The first-order chi connectivity index (χ1) is 14.0. The topological polar surface area (TPSA) is 68.2 Å². The Labute approximate surface area is 175 Å². The predicted molar refractivity (Wildman–Crippen MR) is 111 cm³/mol. The second-order valence-electron chi connectivity index (χ2n) is 7.06. The fourth-order valence-electron chi connectivity index (χ4n) is 3.92. The van der Waals surface area contributed by atoms with E-state index in [4.69, 9.17) is 25.8 Å². The molecule has 0 aromatic heterocycles. The number of ether oxygens (including phenoxy) is 3. The number of rotatable bonds is 7. The largest absolute Gasteiger partial charge is 0.493 e. The fraction of sp³-hybridized carbons (Fsp3) is 0.409. The minimum Gasteiger partial charge on any atom is -0.493 e. The van der Waals surface area contributed by atoms with Crippen molar-refractivity contribution in [1.29, 1.82) is 0 Å². The highest BCUT2D eigenvalue weighted by molar-refractivity contribution is 6.30. The van der Waals surface area contributed by atoms with Gasteiger partial charge in [0.1, 0.15) is 0 Å². The maximum atomic E-state index is 11.4. The highest BCUT2D eigenvalue weighted by Crippen LogP contribution is 2.43. The van der Waals surface area contributed by atoms with Crippen molar-refractivity contribution >= 4 is 17.6 Å². The van der Waals surface area contributed by atoms with Crippen LogP contribution in [0.3, 0.4) is 0 Å². The lowest BCUT2D eigenvalue weighted by atomic mass is 9.91. The van der Waals surface area contributed by atoms with Crippen LogP contribution >= 0.6 is 11.6 Å². The number of hydrogen-bond donors (Lipinski definition) is 1. The zero-order valence-electron chi connectivity index (χ0n) is 16.9. The van der Waals surface area contributed by atoms with Gasteiger partial charge < -0.3 is 19.3 Å². The molecule has 1 N–H and O–H groups in total. The third-order valence-corrected chi connectivity index (χ3v) is 5.68. The standard InChI is InChI=1S/C22H26ClNO5/c1-27-18-12-16(13-19(28-2)21(18)29-3)20(14-4-6-17(23)7-5-14)24-10-8-15(9-11-24)22(25)26/h4-7,12-13,15,20H,8-11H2,1-3H3,(H,25,26). The number of aliphatic carboxylic acids is 1. The summed E-state index contributed by atoms with van der Waals surface area (Å²) < 4.78 is 16.5. The van der Waals surface area contributed by atoms with Gasteiger partial charge >= 0.3 is 5.97 Å². The van der Waals surface area contributed by atoms with E-state index in [1.54, 1.807) is 21.3 Å². The van der Waals surface area contributed by atoms with E-state index in [1.165, 1.54) is 0 Å². The summed E-state index contributed by atoms with van der Waals surface area (Å²) in [5.74, 6) is 0.693. The van der Waals surface area contributed by atoms with Gasteiger partial charge in [0.2, 0.25) is 5.75 Å². The molecule has 0 saturated carbocycles. The van der Waals surface area contributed by atoms with Gasteiger partial charge in [0.05, 0.1) is 33.3 Å². The lowest BCUT2D eigenvalue weighted by Gasteiger charge is -2.37. The molecular formula is C22H26ClNO5. The summed E-state index contributed by atoms with van der Waals surface area (Å²) in [6.07, 6.45) is 1.23. The van der Waals surface area contributed by atoms with E-state index >= 15 is 0 Å². The molecule has 1 aliphatic rings. The highest BCUT2D eigenvalue weighted by atomic mass is 35.5. The summed E-state index contributed by atoms with van der Waals surface area (Å²) in [4.78, 5) is 13.7. The molecule has 0 radical (unpaired) electrons. The van der Waals surface area contributed by atoms with Gasteiger partial charge in [0.15, 0.2) is 11.5 Å². The molecule has 2 aromatic carbocycles. The highest BCUT2D eigenvalue weighted by Gasteiger charge is 2.31. The first-order valence-electron chi connectivity index (χ1n) is 9.50. The first kappa shape index (κ1) is 21.3. The van der Waals surface area contributed by atoms with Crippen LogP contribution in [0.2, 0.25) is 5.02 Å². The smallest absolute Gasteiger partial charge is 0.306 e. The van der Waals surface area contributed by atoms with E-state index in [1.807, 2.05) is 36.4 Å². The van der Waals surface area contributed by atoms with Crippen molar-refractivity contribution in [3.05, 3.63) is 52.5 Å². The maximum absolute atomic E-state index is 11.4. The number of benzene rings is 2. The molecule has 0 aliphatic carbocycles. The van der Waals surface area contributed by atoms with Crippen LogP contribution in [0.5, 0.6) is 17.2 Å². The van der Waals surface area contributed by atoms with Crippen molar-refractivity contribution in [2.24, 2.45) is 5.92 Å². The third kappa shape index (κ3) is 4.60. The number of nitrogens with zero attached hydrogens (tertiary/aromatic N) is 1. The van der Waals surface area contributed by atoms with Gasteiger partial charge in [0.25, 0.3) is 0 Å². The van der Waals surface area contributed by atoms with Crippen molar-refractivity contribution in [3.8, 4) is 17.2 Å². The van der Waals surface area contributed by atoms with Crippen LogP contribution in [-0.2, 0) is 4.79 Å². The van der Waals surface area contributed by atoms with Gasteiger partial charge in [0, 0.05) is 5.02 Å². The summed E-state index contributed by atoms with van der Waals surface area (Å²) in [6.45, 7) is 1.36. The van der Waals surface area contributed by atoms with Crippen LogP contribution in [0.1, 0.15) is 30.0 Å². The van der Waals surface area contributed by atoms with Crippen LogP contribution in [0.25, 0.3) is 0 Å². The molecule has 1 heterocycles. The SMILES string of the molecule is COc1cc(C(c2ccc(Cl)cc2)N2CCC(C(=O)O)CC2)cc(OC)c1OC. The Morgan fingerprint density at radius 3 is 2.00 bits per heavy atom. The molecule has 1 aliphatic heterocycles. The van der Waals surface area contributed by atoms with Gasteiger partial charge in [-0.15, -0.1) is 0 Å². The van der Waals surface area contributed by atoms with Crippen molar-refractivity contribution in [1.82, 2.24) is 4.90 Å². The zero-order valence-corrected chi connectivity index (χ0v) is 17.6. The monoisotopic (exact) mass is 419 g/mol. The number of halogens is 1. The van der Waals surface area contributed by atoms with E-state index in [9.17, 15) is 9.90 Å². The quantitative estimate of drug-likeness (QED) is 0.723. The van der Waals surface area contributed by atoms with E-state index < -0.39 is 5.97 Å². The molecule has 7 heteroatoms. The Morgan fingerprint density at radius 1 is 1.00 bits per heavy atom. The number of methoxy groups -OCH3 is 3. The normalized spacial score (nSPS) is 16.3. The summed E-state index contributed by atoms with van der Waals surface area (Å²) in [6, 6.07) is 11.5. The second-order valence-corrected chi connectivity index (χ2v) is 7.50. The van der Waals surface area contributed by atoms with Crippen LogP contribution < -0.4 is 14.2 Å². The average Bonchev–Trinajstić information content (AvgIpc) is 2.74. The first-order valence-corrected chi connectivity index (χ1v) is 9.88. The van der Waals surface area contributed by atoms with E-state index in [0.29, 0.717) is 48.2 Å². The van der Waals surface area contributed by atoms with E-state index in [-0.39, 0.29) is 12.0 Å². The van der Waals surface area contributed by atoms with Crippen LogP contribution in [0.4, 0.5) is 0 Å². The third-order valence-electron chi connectivity index (χ3n) is 5.43. The molecule has 1 fully saturated rings. The summed E-state index contributed by atoms with van der Waals surface area (Å²) >= 11 is 6.10. The minimum absolute atomic E-state index is 0.0873. The molecule has 156 valence electrons. The number of carboxylic acids is 1. The Kier molecular flexibility index (Phi) is 6.87. The molecular weight excluding hydrogens is 394 g/mol. The molecule has 0 spiro atoms. The molecule has 6 nitrogen and oxygen atoms in total. The Bertz CT molecular complexity index is 822. The van der Waals surface area contributed by atoms with Gasteiger partial charge in [-0.1, -0.05) is 23.7 Å². The van der Waals surface area contributed by atoms with Crippen molar-refractivity contribution < 1.29 is 24.1 Å². The fourth-order valence-corrected chi connectivity index (χ4v) is 4.05. The molecule has 1 saturated heterocycles. The summed E-state index contributed by atoms with van der Waals surface area (Å²) in [7, 11) is 4.76. The Hall–Kier alpha value is -2.44. The maximum Gasteiger partial charge on any atom is 0.306 e. The number of carbonyl (C=O) groups is 1. The summed E-state index contributed by atoms with van der Waals surface area (Å²) in [5.41, 5.74) is 2.05. The molecule has 2 aromatic rings. The van der Waals surface area contributed by atoms with E-state index in [2.05, 4.69) is 4.90 Å². The molecule has 0 bridgehead atoms. The van der Waals surface area contributed by atoms with Crippen LogP contribution in [0, 0.1) is 5.92 Å². The summed E-state index contributed by atoms with van der Waals surface area (Å²) in [5, 5.41) is 10.0. The van der Waals surface area contributed by atoms with Crippen LogP contribution in [0.15, 0.2) is 36.4 Å². The number of piperidine rings is 1. The van der Waals surface area contributed by atoms with Crippen molar-refractivity contribution in [2.75, 3.05) is 34.4 Å². The van der Waals surface area contributed by atoms with Crippen molar-refractivity contribution in [2.45, 2.75) is 18.9 Å². The van der Waals surface area contributed by atoms with Gasteiger partial charge in [-0.05, 0) is 61.3 Å². The minimum atomic E-state index is -0.722. The molecule has 1 unspecified atom stereocenters. The lowest BCUT2D eigenvalue weighted by molar-refractivity contribution is -0.143. The van der Waals surface area contributed by atoms with Gasteiger partial charge in [-0.25, -0.2) is 0 Å². The van der Waals surface area contributed by atoms with Gasteiger partial charge in [-0.2, -0.15) is 0 Å². The number of carboxylic acid groups (broad SMARTS) is 1. The zero-order chi connectivity index (χ0) is 21.0. The molecule has 3 rings (SSSR count). The van der Waals surface area contributed by atoms with Crippen molar-refractivity contribution in [3.63, 3.8) is 0 Å². The average molecular weight is 420 g/mol. The lowest BCUT2D eigenvalue weighted by Crippen LogP contribution is -2.39. The molecule has 1 atom stereocenters. The number of likely N-dealkylation sites (tertiary alicyclic amines) is 1. The second kappa shape index (κ2) is 9.37. The Morgan fingerprint density at radius 2 is 1.55 bits per heavy atom. The van der Waals surface area contributed by atoms with Crippen LogP contribution in [-0.4, -0.2) is 50.4 Å². The number of hydrogen-bond acceptors (Lipinski definition) is 5. The molecule has 29 heavy (non-hydrogen) atoms. The van der Waals surface area contributed by atoms with E-state index in [0.717, 1.165) is 11.1 Å².